The van der Waals surface area contributed by atoms with Crippen LogP contribution in [0.1, 0.15) is 71.8 Å². The number of nitrogens with two attached hydrogens (primary N) is 1. The van der Waals surface area contributed by atoms with Gasteiger partial charge in [-0.3, -0.25) is 19.8 Å². The van der Waals surface area contributed by atoms with E-state index in [2.05, 4.69) is 10.7 Å². The van der Waals surface area contributed by atoms with Gasteiger partial charge in [0.2, 0.25) is 11.6 Å². The molecule has 3 aliphatic rings. The number of primary amides is 1. The van der Waals surface area contributed by atoms with Crippen molar-refractivity contribution in [1.82, 2.24) is 20.5 Å². The number of aryl methyl sites for hydroxylation is 1. The molecule has 1 fully saturated rings. The van der Waals surface area contributed by atoms with E-state index in [9.17, 15) is 37.5 Å². The number of methoxy groups -OCH3 is 3. The number of Topliss-reactive ketones (excluding diaryl/α,β-unsaturated/α-hetero) is 1. The van der Waals surface area contributed by atoms with E-state index >= 15 is 0 Å². The summed E-state index contributed by atoms with van der Waals surface area (Å²) in [6, 6.07) is 5.65. The summed E-state index contributed by atoms with van der Waals surface area (Å²) in [4.78, 5) is 62.5. The number of nitrogens with zero attached hydrogens (tertiary/aromatic N) is 1. The fraction of sp³-hybridized carbons (Fsp3) is 0.512. The van der Waals surface area contributed by atoms with Crippen molar-refractivity contribution in [2.24, 2.45) is 17.6 Å². The summed E-state index contributed by atoms with van der Waals surface area (Å²) in [6.45, 7) is 10.3. The Morgan fingerprint density at radius 2 is 1.59 bits per heavy atom. The zero-order valence-electron chi connectivity index (χ0n) is 36.2. The topological polar surface area (TPSA) is 242 Å². The number of carbonyl (C=O) groups is 5. The summed E-state index contributed by atoms with van der Waals surface area (Å²) < 4.78 is 47.9. The zero-order chi connectivity index (χ0) is 45.4. The molecule has 336 valence electrons. The number of ketones is 2. The second-order valence-electron chi connectivity index (χ2n) is 15.3. The molecule has 1 aromatic carbocycles. The average Bonchev–Trinajstić information content (AvgIpc) is 3.47. The molecule has 0 radical (unpaired) electrons. The van der Waals surface area contributed by atoms with Crippen LogP contribution in [0.2, 0.25) is 0 Å². The van der Waals surface area contributed by atoms with Crippen molar-refractivity contribution in [3.05, 3.63) is 88.4 Å². The molecule has 17 nitrogen and oxygen atoms in total. The molecular formula is C43H61N5O12S. The van der Waals surface area contributed by atoms with E-state index in [1.807, 2.05) is 18.6 Å². The number of urea groups is 1. The summed E-state index contributed by atoms with van der Waals surface area (Å²) in [7, 11) is 0.389. The number of nitrogens with one attached hydrogen (secondary N) is 3. The first-order valence-corrected chi connectivity index (χ1v) is 21.6. The molecule has 61 heavy (non-hydrogen) atoms. The first-order valence-electron chi connectivity index (χ1n) is 20.1. The van der Waals surface area contributed by atoms with Crippen LogP contribution in [0.25, 0.3) is 0 Å². The van der Waals surface area contributed by atoms with E-state index in [0.29, 0.717) is 12.0 Å². The lowest BCUT2D eigenvalue weighted by Gasteiger charge is -2.29. The second kappa shape index (κ2) is 23.7. The molecule has 6 atom stereocenters. The third kappa shape index (κ3) is 15.1. The number of fused-ring (bicyclic) bond motifs is 2. The van der Waals surface area contributed by atoms with E-state index in [1.165, 1.54) is 46.5 Å². The SMILES string of the molecule is COC1=C2C[C@@H](C)C[C@H](OC)[C@H](O)[C@@H](C)/C=C(\C)[C@H](OC(N)=O)[C@@H](OC)/C=C\C=C(/C)C(=O)NC(=CC1=O)C2=O.Cc1ccc(S(=O)(=O)NC(=O)NN2CCCCCC2)cc1. The van der Waals surface area contributed by atoms with Gasteiger partial charge in [0, 0.05) is 50.4 Å². The molecule has 4 rings (SSSR count). The molecule has 1 aliphatic carbocycles. The van der Waals surface area contributed by atoms with Gasteiger partial charge < -0.3 is 35.1 Å². The van der Waals surface area contributed by atoms with Gasteiger partial charge in [-0.15, -0.1) is 0 Å². The summed E-state index contributed by atoms with van der Waals surface area (Å²) >= 11 is 0. The van der Waals surface area contributed by atoms with Crippen molar-refractivity contribution in [2.75, 3.05) is 34.4 Å². The molecule has 0 spiro atoms. The Hall–Kier alpha value is -5.14. The van der Waals surface area contributed by atoms with Crippen LogP contribution in [0.5, 0.6) is 0 Å². The minimum absolute atomic E-state index is 0.0801. The third-order valence-corrected chi connectivity index (χ3v) is 11.7. The largest absolute Gasteiger partial charge is 0.492 e. The molecule has 0 unspecified atom stereocenters. The lowest BCUT2D eigenvalue weighted by Crippen LogP contribution is -2.49. The quantitative estimate of drug-likeness (QED) is 0.191. The second-order valence-corrected chi connectivity index (χ2v) is 17.0. The van der Waals surface area contributed by atoms with Gasteiger partial charge in [0.25, 0.3) is 15.9 Å². The van der Waals surface area contributed by atoms with Crippen molar-refractivity contribution < 1.29 is 56.4 Å². The number of carbonyl (C=O) groups excluding carboxylic acids is 5. The van der Waals surface area contributed by atoms with Crippen LogP contribution < -0.4 is 21.2 Å². The van der Waals surface area contributed by atoms with E-state index in [0.717, 1.165) is 50.4 Å². The number of amides is 4. The minimum atomic E-state index is -3.82. The monoisotopic (exact) mass is 871 g/mol. The molecule has 0 saturated carbocycles. The lowest BCUT2D eigenvalue weighted by atomic mass is 9.85. The summed E-state index contributed by atoms with van der Waals surface area (Å²) in [5, 5.41) is 15.4. The van der Waals surface area contributed by atoms with Crippen LogP contribution in [0.3, 0.4) is 0 Å². The number of allylic oxidation sites excluding steroid dienone is 4. The van der Waals surface area contributed by atoms with Crippen molar-refractivity contribution in [3.63, 3.8) is 0 Å². The number of hydrogen-bond donors (Lipinski definition) is 5. The normalized spacial score (nSPS) is 27.3. The van der Waals surface area contributed by atoms with Crippen molar-refractivity contribution >= 4 is 39.6 Å². The van der Waals surface area contributed by atoms with E-state index in [-0.39, 0.29) is 39.8 Å². The van der Waals surface area contributed by atoms with Gasteiger partial charge in [-0.1, -0.05) is 68.7 Å². The highest BCUT2D eigenvalue weighted by Crippen LogP contribution is 2.29. The smallest absolute Gasteiger partial charge is 0.405 e. The van der Waals surface area contributed by atoms with Crippen LogP contribution in [0, 0.1) is 18.8 Å². The highest BCUT2D eigenvalue weighted by molar-refractivity contribution is 7.90. The maximum absolute atomic E-state index is 13.3. The highest BCUT2D eigenvalue weighted by atomic mass is 32.2. The van der Waals surface area contributed by atoms with Crippen molar-refractivity contribution in [2.45, 2.75) is 102 Å². The standard InChI is InChI=1S/C29H40N2O9.C14H21N3O3S/c1-15-11-19-25(34)20(14-21(32)27(19)39-7)31-28(35)16(2)9-8-10-22(37-5)26(40-29(30)36)18(4)13-17(3)24(33)23(12-15)38-6;1-12-6-8-13(9-7-12)21(19,20)16-14(18)15-17-10-4-2-3-5-11-17/h8-10,13-15,17,22-24,26,33H,11-12H2,1-7H3,(H2,30,36)(H,31,35);6-9H,2-5,10-11H2,1H3,(H2,15,16,18)/b10-8-,16-9+,18-13+;/t15-,17+,22+,23+,24-,26+;/m1./s1. The van der Waals surface area contributed by atoms with E-state index in [4.69, 9.17) is 24.7 Å². The number of hydrogen-bond acceptors (Lipinski definition) is 13. The van der Waals surface area contributed by atoms with Crippen LogP contribution in [0.4, 0.5) is 9.59 Å². The Balaban J connectivity index is 0.000000394. The molecule has 4 amide bonds. The number of benzene rings is 1. The summed E-state index contributed by atoms with van der Waals surface area (Å²) in [5.74, 6) is -2.39. The molecule has 1 saturated heterocycles. The Bertz CT molecular complexity index is 2000. The molecule has 2 bridgehead atoms. The first-order chi connectivity index (χ1) is 28.8. The maximum atomic E-state index is 13.3. The Morgan fingerprint density at radius 1 is 0.951 bits per heavy atom. The van der Waals surface area contributed by atoms with E-state index in [1.54, 1.807) is 49.2 Å². The average molecular weight is 872 g/mol. The van der Waals surface area contributed by atoms with Gasteiger partial charge in [0.15, 0.2) is 11.9 Å². The molecule has 1 aromatic rings. The summed E-state index contributed by atoms with van der Waals surface area (Å²) in [6.07, 6.45) is 7.90. The highest BCUT2D eigenvalue weighted by Gasteiger charge is 2.34. The van der Waals surface area contributed by atoms with Crippen LogP contribution in [0.15, 0.2) is 87.7 Å². The predicted octanol–water partition coefficient (Wildman–Crippen LogP) is 4.18. The van der Waals surface area contributed by atoms with Crippen LogP contribution in [-0.2, 0) is 43.4 Å². The number of hydrazine groups is 1. The number of rotatable bonds is 7. The van der Waals surface area contributed by atoms with Gasteiger partial charge in [-0.05, 0) is 70.1 Å². The van der Waals surface area contributed by atoms with Gasteiger partial charge in [0.05, 0.1) is 29.9 Å². The number of ether oxygens (including phenoxy) is 4. The van der Waals surface area contributed by atoms with Gasteiger partial charge in [-0.25, -0.2) is 27.7 Å². The minimum Gasteiger partial charge on any atom is -0.492 e. The number of sulfonamides is 1. The van der Waals surface area contributed by atoms with Crippen LogP contribution in [-0.4, -0.2) is 107 Å². The fourth-order valence-electron chi connectivity index (χ4n) is 7.03. The first kappa shape index (κ1) is 50.2. The molecule has 2 heterocycles. The zero-order valence-corrected chi connectivity index (χ0v) is 37.0. The van der Waals surface area contributed by atoms with Crippen molar-refractivity contribution in [3.8, 4) is 0 Å². The summed E-state index contributed by atoms with van der Waals surface area (Å²) in [5.41, 5.74) is 9.68. The van der Waals surface area contributed by atoms with E-state index < -0.39 is 70.0 Å². The van der Waals surface area contributed by atoms with Crippen molar-refractivity contribution in [1.29, 1.82) is 0 Å². The Morgan fingerprint density at radius 3 is 2.16 bits per heavy atom. The molecule has 18 heteroatoms. The number of aliphatic hydroxyl groups excluding tert-OH is 1. The molecular weight excluding hydrogens is 811 g/mol. The number of aliphatic hydroxyl groups is 1. The fourth-order valence-corrected chi connectivity index (χ4v) is 7.93. The molecule has 6 N–H and O–H groups in total. The van der Waals surface area contributed by atoms with Gasteiger partial charge in [0.1, 0.15) is 6.10 Å². The molecule has 0 aromatic heterocycles. The molecule has 2 aliphatic heterocycles. The van der Waals surface area contributed by atoms with Gasteiger partial charge in [-0.2, -0.15) is 0 Å². The van der Waals surface area contributed by atoms with Crippen LogP contribution >= 0.6 is 0 Å². The lowest BCUT2D eigenvalue weighted by molar-refractivity contribution is -0.120. The third-order valence-electron chi connectivity index (χ3n) is 10.4. The maximum Gasteiger partial charge on any atom is 0.405 e. The van der Waals surface area contributed by atoms with Gasteiger partial charge >= 0.3 is 12.1 Å². The Labute approximate surface area is 358 Å². The predicted molar refractivity (Wildman–Crippen MR) is 227 cm³/mol. The Kier molecular flexibility index (Phi) is 19.6.